The molecule has 2 rings (SSSR count). The Morgan fingerprint density at radius 2 is 1.52 bits per heavy atom. The molecule has 1 fully saturated rings. The lowest BCUT2D eigenvalue weighted by Crippen LogP contribution is -2.50. The zero-order valence-electron chi connectivity index (χ0n) is 18.9. The van der Waals surface area contributed by atoms with Crippen LogP contribution in [0.4, 0.5) is 14.4 Å². The molecule has 174 valence electrons. The maximum Gasteiger partial charge on any atom is 0.488 e. The predicted molar refractivity (Wildman–Crippen MR) is 113 cm³/mol. The maximum atomic E-state index is 13.4. The summed E-state index contributed by atoms with van der Waals surface area (Å²) >= 11 is 0. The molecule has 1 amide bonds. The first kappa shape index (κ1) is 24.7. The Labute approximate surface area is 182 Å². The molecule has 31 heavy (non-hydrogen) atoms. The van der Waals surface area contributed by atoms with Crippen molar-refractivity contribution in [2.24, 2.45) is 0 Å². The molecule has 1 saturated heterocycles. The van der Waals surface area contributed by atoms with Crippen molar-refractivity contribution in [3.63, 3.8) is 0 Å². The summed E-state index contributed by atoms with van der Waals surface area (Å²) in [6, 6.07) is 0. The summed E-state index contributed by atoms with van der Waals surface area (Å²) in [7, 11) is -4.11. The monoisotopic (exact) mass is 460 g/mol. The SMILES string of the molecule is COC(=O)c1c(C)c(OS(=O)(=O)F)c(C)c(N2CCN(C(=O)OC(C)(C)C)CC2)c1C. The van der Waals surface area contributed by atoms with Crippen LogP contribution < -0.4 is 9.08 Å². The fourth-order valence-electron chi connectivity index (χ4n) is 3.73. The number of halogens is 1. The Morgan fingerprint density at radius 1 is 0.968 bits per heavy atom. The molecule has 0 spiro atoms. The van der Waals surface area contributed by atoms with Crippen LogP contribution in [0.15, 0.2) is 0 Å². The van der Waals surface area contributed by atoms with Crippen molar-refractivity contribution >= 4 is 28.3 Å². The van der Waals surface area contributed by atoms with Crippen molar-refractivity contribution in [1.29, 1.82) is 0 Å². The fraction of sp³-hybridized carbons (Fsp3) is 0.600. The van der Waals surface area contributed by atoms with E-state index in [1.807, 2.05) is 4.90 Å². The van der Waals surface area contributed by atoms with Crippen LogP contribution in [0.5, 0.6) is 5.75 Å². The highest BCUT2D eigenvalue weighted by Gasteiger charge is 2.31. The number of hydrogen-bond donors (Lipinski definition) is 0. The minimum atomic E-state index is -5.31. The van der Waals surface area contributed by atoms with Gasteiger partial charge < -0.3 is 23.5 Å². The molecule has 0 aliphatic carbocycles. The molecular weight excluding hydrogens is 431 g/mol. The Hall–Kier alpha value is -2.56. The van der Waals surface area contributed by atoms with E-state index in [1.165, 1.54) is 14.0 Å². The van der Waals surface area contributed by atoms with Crippen LogP contribution in [-0.2, 0) is 20.0 Å². The largest absolute Gasteiger partial charge is 0.488 e. The minimum absolute atomic E-state index is 0.108. The number of nitrogens with zero attached hydrogens (tertiary/aromatic N) is 2. The average molecular weight is 461 g/mol. The van der Waals surface area contributed by atoms with Gasteiger partial charge in [0.15, 0.2) is 5.75 Å². The van der Waals surface area contributed by atoms with Gasteiger partial charge in [0.25, 0.3) is 0 Å². The van der Waals surface area contributed by atoms with Gasteiger partial charge in [-0.05, 0) is 47.1 Å². The van der Waals surface area contributed by atoms with Gasteiger partial charge in [-0.25, -0.2) is 9.59 Å². The third-order valence-electron chi connectivity index (χ3n) is 4.96. The number of carbonyl (C=O) groups is 2. The zero-order valence-corrected chi connectivity index (χ0v) is 19.7. The van der Waals surface area contributed by atoms with E-state index in [4.69, 9.17) is 9.47 Å². The van der Waals surface area contributed by atoms with Gasteiger partial charge in [-0.3, -0.25) is 0 Å². The molecule has 1 heterocycles. The number of esters is 1. The predicted octanol–water partition coefficient (Wildman–Crippen LogP) is 3.05. The van der Waals surface area contributed by atoms with E-state index in [0.717, 1.165) is 0 Å². The van der Waals surface area contributed by atoms with Gasteiger partial charge in [0.2, 0.25) is 0 Å². The van der Waals surface area contributed by atoms with Crippen LogP contribution in [-0.4, -0.2) is 64.3 Å². The average Bonchev–Trinajstić information content (AvgIpc) is 2.63. The number of methoxy groups -OCH3 is 1. The number of anilines is 1. The summed E-state index contributed by atoms with van der Waals surface area (Å²) in [6.45, 7) is 11.6. The molecule has 11 heteroatoms. The second-order valence-corrected chi connectivity index (χ2v) is 9.30. The lowest BCUT2D eigenvalue weighted by molar-refractivity contribution is 0.0240. The van der Waals surface area contributed by atoms with Gasteiger partial charge in [0, 0.05) is 43.0 Å². The second-order valence-electron chi connectivity index (χ2n) is 8.35. The van der Waals surface area contributed by atoms with Crippen molar-refractivity contribution in [2.75, 3.05) is 38.2 Å². The third-order valence-corrected chi connectivity index (χ3v) is 5.33. The molecule has 0 aromatic heterocycles. The van der Waals surface area contributed by atoms with E-state index in [0.29, 0.717) is 43.0 Å². The Balaban J connectivity index is 2.44. The van der Waals surface area contributed by atoms with Gasteiger partial charge in [-0.15, -0.1) is 0 Å². The Morgan fingerprint density at radius 3 is 1.97 bits per heavy atom. The summed E-state index contributed by atoms with van der Waals surface area (Å²) in [5.41, 5.74) is 1.12. The topological polar surface area (TPSA) is 102 Å². The standard InChI is InChI=1S/C20H29FN2O7S/c1-12-15(18(24)28-7)13(2)17(30-31(21,26)27)14(3)16(12)22-8-10-23(11-9-22)19(25)29-20(4,5)6/h8-11H2,1-7H3. The summed E-state index contributed by atoms with van der Waals surface area (Å²) in [6.07, 6.45) is -0.424. The highest BCUT2D eigenvalue weighted by atomic mass is 32.3. The minimum Gasteiger partial charge on any atom is -0.465 e. The summed E-state index contributed by atoms with van der Waals surface area (Å²) in [4.78, 5) is 28.2. The molecule has 0 unspecified atom stereocenters. The van der Waals surface area contributed by atoms with Crippen molar-refractivity contribution in [2.45, 2.75) is 47.1 Å². The molecule has 0 radical (unpaired) electrons. The van der Waals surface area contributed by atoms with Gasteiger partial charge in [0.1, 0.15) is 5.60 Å². The van der Waals surface area contributed by atoms with E-state index < -0.39 is 28.2 Å². The number of hydrogen-bond acceptors (Lipinski definition) is 8. The van der Waals surface area contributed by atoms with Crippen molar-refractivity contribution < 1.29 is 35.5 Å². The molecule has 0 N–H and O–H groups in total. The van der Waals surface area contributed by atoms with E-state index in [2.05, 4.69) is 4.18 Å². The van der Waals surface area contributed by atoms with Gasteiger partial charge >= 0.3 is 22.6 Å². The molecule has 1 aliphatic rings. The van der Waals surface area contributed by atoms with Crippen molar-refractivity contribution in [3.8, 4) is 5.75 Å². The number of benzene rings is 1. The van der Waals surface area contributed by atoms with E-state index in [-0.39, 0.29) is 16.9 Å². The first-order chi connectivity index (χ1) is 14.2. The van der Waals surface area contributed by atoms with E-state index >= 15 is 0 Å². The summed E-state index contributed by atoms with van der Waals surface area (Å²) < 4.78 is 50.5. The number of ether oxygens (including phenoxy) is 2. The number of rotatable bonds is 4. The fourth-order valence-corrected chi connectivity index (χ4v) is 4.18. The highest BCUT2D eigenvalue weighted by Crippen LogP contribution is 2.40. The molecule has 1 aromatic carbocycles. The normalized spacial score (nSPS) is 15.0. The van der Waals surface area contributed by atoms with Crippen LogP contribution >= 0.6 is 0 Å². The summed E-state index contributed by atoms with van der Waals surface area (Å²) in [5.74, 6) is -0.942. The van der Waals surface area contributed by atoms with E-state index in [9.17, 15) is 21.9 Å². The number of piperazine rings is 1. The van der Waals surface area contributed by atoms with Gasteiger partial charge in [-0.2, -0.15) is 8.42 Å². The van der Waals surface area contributed by atoms with Crippen LogP contribution in [0, 0.1) is 20.8 Å². The van der Waals surface area contributed by atoms with Crippen LogP contribution in [0.2, 0.25) is 0 Å². The van der Waals surface area contributed by atoms with Crippen LogP contribution in [0.3, 0.4) is 0 Å². The van der Waals surface area contributed by atoms with Crippen LogP contribution in [0.1, 0.15) is 47.8 Å². The molecule has 0 bridgehead atoms. The van der Waals surface area contributed by atoms with Crippen molar-refractivity contribution in [3.05, 3.63) is 22.3 Å². The number of amides is 1. The third kappa shape index (κ3) is 5.78. The number of carbonyl (C=O) groups excluding carboxylic acids is 2. The van der Waals surface area contributed by atoms with E-state index in [1.54, 1.807) is 39.5 Å². The molecule has 9 nitrogen and oxygen atoms in total. The molecule has 1 aliphatic heterocycles. The molecule has 1 aromatic rings. The lowest BCUT2D eigenvalue weighted by atomic mass is 9.94. The first-order valence-corrected chi connectivity index (χ1v) is 11.1. The summed E-state index contributed by atoms with van der Waals surface area (Å²) in [5, 5.41) is 0. The Kier molecular flexibility index (Phi) is 7.09. The van der Waals surface area contributed by atoms with Crippen LogP contribution in [0.25, 0.3) is 0 Å². The first-order valence-electron chi connectivity index (χ1n) is 9.75. The highest BCUT2D eigenvalue weighted by molar-refractivity contribution is 7.81. The molecule has 0 saturated carbocycles. The quantitative estimate of drug-likeness (QED) is 0.499. The molecular formula is C20H29FN2O7S. The Bertz CT molecular complexity index is 978. The van der Waals surface area contributed by atoms with Crippen molar-refractivity contribution in [1.82, 2.24) is 4.90 Å². The van der Waals surface area contributed by atoms with Gasteiger partial charge in [-0.1, -0.05) is 3.89 Å². The second kappa shape index (κ2) is 8.89. The van der Waals surface area contributed by atoms with Gasteiger partial charge in [0.05, 0.1) is 12.7 Å². The maximum absolute atomic E-state index is 13.4. The smallest absolute Gasteiger partial charge is 0.465 e. The lowest BCUT2D eigenvalue weighted by Gasteiger charge is -2.38. The molecule has 0 atom stereocenters. The zero-order chi connectivity index (χ0) is 23.7.